The van der Waals surface area contributed by atoms with Crippen LogP contribution in [-0.4, -0.2) is 34.9 Å². The van der Waals surface area contributed by atoms with Gasteiger partial charge in [-0.15, -0.1) is 0 Å². The second-order valence-corrected chi connectivity index (χ2v) is 8.08. The van der Waals surface area contributed by atoms with Crippen molar-refractivity contribution >= 4 is 22.4 Å². The minimum atomic E-state index is -0.446. The molecule has 2 aromatic heterocycles. The maximum absolute atomic E-state index is 13.0. The Hall–Kier alpha value is -3.72. The fourth-order valence-corrected chi connectivity index (χ4v) is 4.20. The van der Waals surface area contributed by atoms with Crippen molar-refractivity contribution in [3.63, 3.8) is 0 Å². The van der Waals surface area contributed by atoms with Crippen LogP contribution in [0.4, 0.5) is 0 Å². The first-order chi connectivity index (χ1) is 16.0. The number of rotatable bonds is 8. The quantitative estimate of drug-likeness (QED) is 0.395. The highest BCUT2D eigenvalue weighted by Crippen LogP contribution is 2.28. The fourth-order valence-electron chi connectivity index (χ4n) is 3.30. The van der Waals surface area contributed by atoms with Crippen molar-refractivity contribution in [1.82, 2.24) is 14.6 Å². The molecule has 0 spiro atoms. The lowest BCUT2D eigenvalue weighted by Gasteiger charge is -2.11. The van der Waals surface area contributed by atoms with Crippen LogP contribution >= 0.6 is 11.3 Å². The van der Waals surface area contributed by atoms with E-state index in [0.29, 0.717) is 29.2 Å². The molecule has 0 aliphatic carbocycles. The van der Waals surface area contributed by atoms with Gasteiger partial charge in [0.1, 0.15) is 11.4 Å². The molecule has 0 fully saturated rings. The molecule has 0 aliphatic heterocycles. The summed E-state index contributed by atoms with van der Waals surface area (Å²) in [5.41, 5.74) is 1.07. The number of methoxy groups -OCH3 is 1. The Morgan fingerprint density at radius 2 is 1.73 bits per heavy atom. The SMILES string of the molecule is CCOc1ccc(C=c2sc3nc(=O)c(Cc4ccc(OC)cc4)nn3c2=O)cc1OCC. The molecular weight excluding hydrogens is 442 g/mol. The van der Waals surface area contributed by atoms with Gasteiger partial charge >= 0.3 is 0 Å². The molecule has 170 valence electrons. The first kappa shape index (κ1) is 22.5. The minimum Gasteiger partial charge on any atom is -0.497 e. The maximum atomic E-state index is 13.0. The molecule has 33 heavy (non-hydrogen) atoms. The number of benzene rings is 2. The molecule has 0 N–H and O–H groups in total. The molecule has 0 aliphatic rings. The lowest BCUT2D eigenvalue weighted by Crippen LogP contribution is -2.28. The first-order valence-corrected chi connectivity index (χ1v) is 11.3. The molecule has 0 radical (unpaired) electrons. The van der Waals surface area contributed by atoms with Crippen LogP contribution in [0.2, 0.25) is 0 Å². The summed E-state index contributed by atoms with van der Waals surface area (Å²) in [6.07, 6.45) is 2.00. The average molecular weight is 466 g/mol. The third-order valence-electron chi connectivity index (χ3n) is 4.85. The van der Waals surface area contributed by atoms with Crippen molar-refractivity contribution in [1.29, 1.82) is 0 Å². The first-order valence-electron chi connectivity index (χ1n) is 10.5. The molecule has 0 amide bonds. The van der Waals surface area contributed by atoms with Crippen LogP contribution in [0.25, 0.3) is 11.0 Å². The largest absolute Gasteiger partial charge is 0.497 e. The number of hydrogen-bond acceptors (Lipinski definition) is 8. The zero-order valence-electron chi connectivity index (χ0n) is 18.5. The Bertz CT molecular complexity index is 1440. The molecule has 0 atom stereocenters. The monoisotopic (exact) mass is 465 g/mol. The summed E-state index contributed by atoms with van der Waals surface area (Å²) >= 11 is 1.12. The zero-order chi connectivity index (χ0) is 23.4. The number of fused-ring (bicyclic) bond motifs is 1. The number of hydrogen-bond donors (Lipinski definition) is 0. The molecule has 4 aromatic rings. The van der Waals surface area contributed by atoms with Crippen molar-refractivity contribution < 1.29 is 14.2 Å². The van der Waals surface area contributed by atoms with Gasteiger partial charge in [0.05, 0.1) is 24.9 Å². The van der Waals surface area contributed by atoms with Gasteiger partial charge < -0.3 is 14.2 Å². The third-order valence-corrected chi connectivity index (χ3v) is 5.81. The molecule has 0 unspecified atom stereocenters. The summed E-state index contributed by atoms with van der Waals surface area (Å²) in [4.78, 5) is 29.8. The van der Waals surface area contributed by atoms with Gasteiger partial charge in [-0.2, -0.15) is 14.6 Å². The van der Waals surface area contributed by atoms with E-state index in [1.807, 2.05) is 56.3 Å². The Labute approximate surface area is 193 Å². The van der Waals surface area contributed by atoms with Crippen molar-refractivity contribution in [3.8, 4) is 17.2 Å². The summed E-state index contributed by atoms with van der Waals surface area (Å²) < 4.78 is 18.0. The number of thiazole rings is 1. The van der Waals surface area contributed by atoms with E-state index in [1.54, 1.807) is 13.2 Å². The molecule has 4 rings (SSSR count). The van der Waals surface area contributed by atoms with Crippen LogP contribution < -0.4 is 29.9 Å². The van der Waals surface area contributed by atoms with E-state index < -0.39 is 5.56 Å². The molecule has 0 bridgehead atoms. The maximum Gasteiger partial charge on any atom is 0.296 e. The van der Waals surface area contributed by atoms with Gasteiger partial charge in [-0.1, -0.05) is 29.5 Å². The van der Waals surface area contributed by atoms with Gasteiger partial charge in [0.15, 0.2) is 11.5 Å². The van der Waals surface area contributed by atoms with E-state index in [-0.39, 0.29) is 22.6 Å². The minimum absolute atomic E-state index is 0.207. The highest BCUT2D eigenvalue weighted by Gasteiger charge is 2.12. The topological polar surface area (TPSA) is 92.0 Å². The molecule has 2 heterocycles. The molecule has 8 nitrogen and oxygen atoms in total. The predicted molar refractivity (Wildman–Crippen MR) is 127 cm³/mol. The van der Waals surface area contributed by atoms with Crippen LogP contribution in [0.5, 0.6) is 17.2 Å². The van der Waals surface area contributed by atoms with E-state index in [1.165, 1.54) is 4.52 Å². The summed E-state index contributed by atoms with van der Waals surface area (Å²) in [5.74, 6) is 1.97. The Balaban J connectivity index is 1.72. The average Bonchev–Trinajstić information content (AvgIpc) is 3.10. The van der Waals surface area contributed by atoms with Gasteiger partial charge in [0.25, 0.3) is 11.1 Å². The van der Waals surface area contributed by atoms with Crippen molar-refractivity contribution in [3.05, 3.63) is 84.5 Å². The van der Waals surface area contributed by atoms with E-state index >= 15 is 0 Å². The summed E-state index contributed by atoms with van der Waals surface area (Å²) in [5, 5.41) is 4.30. The Morgan fingerprint density at radius 3 is 2.42 bits per heavy atom. The van der Waals surface area contributed by atoms with Crippen molar-refractivity contribution in [2.75, 3.05) is 20.3 Å². The van der Waals surface area contributed by atoms with Gasteiger partial charge in [-0.25, -0.2) is 0 Å². The highest BCUT2D eigenvalue weighted by atomic mass is 32.1. The number of nitrogens with zero attached hydrogens (tertiary/aromatic N) is 3. The van der Waals surface area contributed by atoms with E-state index in [4.69, 9.17) is 14.2 Å². The van der Waals surface area contributed by atoms with Crippen LogP contribution in [-0.2, 0) is 6.42 Å². The third kappa shape index (κ3) is 4.88. The van der Waals surface area contributed by atoms with Crippen LogP contribution in [0, 0.1) is 0 Å². The van der Waals surface area contributed by atoms with Crippen molar-refractivity contribution in [2.24, 2.45) is 0 Å². The van der Waals surface area contributed by atoms with E-state index in [9.17, 15) is 9.59 Å². The molecule has 0 saturated carbocycles. The number of ether oxygens (including phenoxy) is 3. The molecule has 2 aromatic carbocycles. The second kappa shape index (κ2) is 9.83. The Morgan fingerprint density at radius 1 is 1.00 bits per heavy atom. The molecule has 9 heteroatoms. The van der Waals surface area contributed by atoms with E-state index in [0.717, 1.165) is 28.2 Å². The van der Waals surface area contributed by atoms with Gasteiger partial charge in [-0.05, 0) is 55.3 Å². The van der Waals surface area contributed by atoms with Crippen LogP contribution in [0.15, 0.2) is 52.1 Å². The van der Waals surface area contributed by atoms with Gasteiger partial charge in [-0.3, -0.25) is 9.59 Å². The lowest BCUT2D eigenvalue weighted by molar-refractivity contribution is 0.287. The van der Waals surface area contributed by atoms with Crippen LogP contribution in [0.1, 0.15) is 30.7 Å². The Kier molecular flexibility index (Phi) is 6.69. The smallest absolute Gasteiger partial charge is 0.296 e. The lowest BCUT2D eigenvalue weighted by atomic mass is 10.1. The zero-order valence-corrected chi connectivity index (χ0v) is 19.3. The molecule has 0 saturated heterocycles. The summed E-state index contributed by atoms with van der Waals surface area (Å²) in [7, 11) is 1.59. The van der Waals surface area contributed by atoms with Gasteiger partial charge in [0, 0.05) is 6.42 Å². The second-order valence-electron chi connectivity index (χ2n) is 7.07. The predicted octanol–water partition coefficient (Wildman–Crippen LogP) is 2.46. The van der Waals surface area contributed by atoms with Crippen LogP contribution in [0.3, 0.4) is 0 Å². The number of aromatic nitrogens is 3. The van der Waals surface area contributed by atoms with E-state index in [2.05, 4.69) is 10.1 Å². The highest BCUT2D eigenvalue weighted by molar-refractivity contribution is 7.15. The normalized spacial score (nSPS) is 11.7. The molecular formula is C24H23N3O5S. The summed E-state index contributed by atoms with van der Waals surface area (Å²) in [6, 6.07) is 12.8. The summed E-state index contributed by atoms with van der Waals surface area (Å²) in [6.45, 7) is 4.81. The van der Waals surface area contributed by atoms with Crippen molar-refractivity contribution in [2.45, 2.75) is 20.3 Å². The van der Waals surface area contributed by atoms with Gasteiger partial charge in [0.2, 0.25) is 4.96 Å². The fraction of sp³-hybridized carbons (Fsp3) is 0.250. The standard InChI is InChI=1S/C24H23N3O5S/c1-4-31-19-11-8-16(13-20(19)32-5-2)14-21-23(29)27-24(33-21)25-22(28)18(26-27)12-15-6-9-17(30-3)10-7-15/h6-11,13-14H,4-5,12H2,1-3H3.